The van der Waals surface area contributed by atoms with Gasteiger partial charge < -0.3 is 4.74 Å². The highest BCUT2D eigenvalue weighted by atomic mass is 16.5. The van der Waals surface area contributed by atoms with Crippen molar-refractivity contribution in [2.45, 2.75) is 6.10 Å². The summed E-state index contributed by atoms with van der Waals surface area (Å²) < 4.78 is 10.4. The molecule has 0 amide bonds. The lowest BCUT2D eigenvalue weighted by atomic mass is 9.99. The zero-order valence-corrected chi connectivity index (χ0v) is 11.7. The Kier molecular flexibility index (Phi) is 5.08. The van der Waals surface area contributed by atoms with Gasteiger partial charge in [0.2, 0.25) is 0 Å². The Hall–Kier alpha value is -2.64. The second-order valence-corrected chi connectivity index (χ2v) is 4.36. The normalized spacial score (nSPS) is 11.4. The van der Waals surface area contributed by atoms with Crippen LogP contribution in [-0.2, 0) is 9.47 Å². The van der Waals surface area contributed by atoms with Gasteiger partial charge in [-0.2, -0.15) is 0 Å². The van der Waals surface area contributed by atoms with Gasteiger partial charge in [-0.25, -0.2) is 11.4 Å². The number of methoxy groups -OCH3 is 1. The van der Waals surface area contributed by atoms with E-state index in [1.165, 1.54) is 7.11 Å². The number of benzene rings is 2. The number of nitrogens with zero attached hydrogens (tertiary/aromatic N) is 1. The van der Waals surface area contributed by atoms with Crippen molar-refractivity contribution in [2.24, 2.45) is 0 Å². The van der Waals surface area contributed by atoms with E-state index < -0.39 is 5.97 Å². The van der Waals surface area contributed by atoms with Gasteiger partial charge in [-0.3, -0.25) is 9.58 Å². The van der Waals surface area contributed by atoms with Gasteiger partial charge in [-0.05, 0) is 23.3 Å². The van der Waals surface area contributed by atoms with E-state index in [1.807, 2.05) is 36.4 Å². The molecule has 4 heteroatoms. The fourth-order valence-corrected chi connectivity index (χ4v) is 2.07. The maximum atomic E-state index is 11.6. The molecule has 4 nitrogen and oxygen atoms in total. The Labute approximate surface area is 123 Å². The van der Waals surface area contributed by atoms with Gasteiger partial charge in [0, 0.05) is 0 Å². The van der Waals surface area contributed by atoms with Gasteiger partial charge in [0.1, 0.15) is 6.10 Å². The molecule has 0 bridgehead atoms. The average Bonchev–Trinajstić information content (AvgIpc) is 2.56. The molecule has 2 aromatic rings. The summed E-state index contributed by atoms with van der Waals surface area (Å²) in [5.74, 6) is -0.395. The molecule has 2 aromatic carbocycles. The van der Waals surface area contributed by atoms with Gasteiger partial charge in [-0.1, -0.05) is 42.5 Å². The number of hydrogen-bond donors (Lipinski definition) is 0. The number of rotatable bonds is 5. The van der Waals surface area contributed by atoms with Crippen LogP contribution in [0.1, 0.15) is 27.6 Å². The van der Waals surface area contributed by atoms with Crippen LogP contribution in [-0.4, -0.2) is 19.8 Å². The molecule has 0 heterocycles. The fourth-order valence-electron chi connectivity index (χ4n) is 2.07. The molecule has 0 aliphatic heterocycles. The number of ether oxygens (including phenoxy) is 2. The molecule has 1 atom stereocenters. The monoisotopic (exact) mass is 281 g/mol. The van der Waals surface area contributed by atoms with E-state index in [0.717, 1.165) is 11.1 Å². The largest absolute Gasteiger partial charge is 0.465 e. The molecule has 0 aliphatic carbocycles. The number of carbonyl (C=O) groups excluding carboxylic acids is 1. The smallest absolute Gasteiger partial charge is 0.337 e. The first kappa shape index (κ1) is 14.8. The molecule has 106 valence electrons. The predicted octanol–water partition coefficient (Wildman–Crippen LogP) is 3.46. The summed E-state index contributed by atoms with van der Waals surface area (Å²) in [5.41, 5.74) is 2.21. The summed E-state index contributed by atoms with van der Waals surface area (Å²) in [4.78, 5) is 14.9. The third-order valence-corrected chi connectivity index (χ3v) is 3.02. The summed E-state index contributed by atoms with van der Waals surface area (Å²) in [7, 11) is 1.35. The molecule has 21 heavy (non-hydrogen) atoms. The van der Waals surface area contributed by atoms with Crippen LogP contribution < -0.4 is 0 Å². The van der Waals surface area contributed by atoms with E-state index >= 15 is 0 Å². The molecule has 2 rings (SSSR count). The van der Waals surface area contributed by atoms with E-state index in [2.05, 4.69) is 4.85 Å². The van der Waals surface area contributed by atoms with Crippen molar-refractivity contribution in [2.75, 3.05) is 13.8 Å². The molecule has 0 saturated heterocycles. The average molecular weight is 281 g/mol. The second kappa shape index (κ2) is 7.22. The highest BCUT2D eigenvalue weighted by Gasteiger charge is 2.17. The maximum absolute atomic E-state index is 11.6. The van der Waals surface area contributed by atoms with E-state index in [0.29, 0.717) is 5.56 Å². The van der Waals surface area contributed by atoms with Crippen LogP contribution in [0.25, 0.3) is 4.85 Å². The van der Waals surface area contributed by atoms with E-state index in [9.17, 15) is 4.79 Å². The summed E-state index contributed by atoms with van der Waals surface area (Å²) in [5, 5.41) is 0. The Balaban J connectivity index is 2.37. The highest BCUT2D eigenvalue weighted by Crippen LogP contribution is 2.26. The van der Waals surface area contributed by atoms with Crippen molar-refractivity contribution in [3.05, 3.63) is 82.7 Å². The van der Waals surface area contributed by atoms with Crippen molar-refractivity contribution in [3.8, 4) is 0 Å². The number of carbonyl (C=O) groups is 1. The number of hydrogen-bond acceptors (Lipinski definition) is 3. The minimum Gasteiger partial charge on any atom is -0.465 e. The van der Waals surface area contributed by atoms with Crippen molar-refractivity contribution < 1.29 is 14.3 Å². The van der Waals surface area contributed by atoms with Crippen molar-refractivity contribution in [1.29, 1.82) is 0 Å². The zero-order chi connectivity index (χ0) is 15.1. The lowest BCUT2D eigenvalue weighted by Crippen LogP contribution is -2.08. The Morgan fingerprint density at radius 1 is 1.14 bits per heavy atom. The molecule has 0 N–H and O–H groups in total. The summed E-state index contributed by atoms with van der Waals surface area (Å²) in [6.07, 6.45) is -0.384. The molecule has 0 aliphatic rings. The maximum Gasteiger partial charge on any atom is 0.337 e. The standard InChI is InChI=1S/C17H15NO3/c1-18-12-21-16(13-7-4-3-5-8-13)14-9-6-10-15(11-14)17(19)20-2/h3-11,16H,12H2,2H3. The van der Waals surface area contributed by atoms with Crippen LogP contribution in [0.15, 0.2) is 54.6 Å². The van der Waals surface area contributed by atoms with Crippen LogP contribution in [0.5, 0.6) is 0 Å². The van der Waals surface area contributed by atoms with Crippen LogP contribution in [0.4, 0.5) is 0 Å². The summed E-state index contributed by atoms with van der Waals surface area (Å²) in [6.45, 7) is 6.85. The van der Waals surface area contributed by atoms with E-state index in [1.54, 1.807) is 18.2 Å². The minimum absolute atomic E-state index is 0.0397. The molecular formula is C17H15NO3. The molecule has 1 unspecified atom stereocenters. The van der Waals surface area contributed by atoms with Crippen LogP contribution in [0.2, 0.25) is 0 Å². The van der Waals surface area contributed by atoms with Crippen molar-refractivity contribution in [1.82, 2.24) is 0 Å². The van der Waals surface area contributed by atoms with Crippen molar-refractivity contribution >= 4 is 5.97 Å². The third-order valence-electron chi connectivity index (χ3n) is 3.02. The summed E-state index contributed by atoms with van der Waals surface area (Å²) >= 11 is 0. The van der Waals surface area contributed by atoms with Gasteiger partial charge >= 0.3 is 12.7 Å². The predicted molar refractivity (Wildman–Crippen MR) is 78.6 cm³/mol. The quantitative estimate of drug-likeness (QED) is 0.622. The minimum atomic E-state index is -0.395. The van der Waals surface area contributed by atoms with Crippen LogP contribution in [0, 0.1) is 6.57 Å². The second-order valence-electron chi connectivity index (χ2n) is 4.36. The Morgan fingerprint density at radius 2 is 1.86 bits per heavy atom. The van der Waals surface area contributed by atoms with E-state index in [-0.39, 0.29) is 12.8 Å². The number of esters is 1. The van der Waals surface area contributed by atoms with Gasteiger partial charge in [0.15, 0.2) is 0 Å². The first-order valence-electron chi connectivity index (χ1n) is 6.44. The van der Waals surface area contributed by atoms with Gasteiger partial charge in [0.25, 0.3) is 0 Å². The van der Waals surface area contributed by atoms with Crippen LogP contribution in [0.3, 0.4) is 0 Å². The molecule has 0 aromatic heterocycles. The zero-order valence-electron chi connectivity index (χ0n) is 11.7. The fraction of sp³-hybridized carbons (Fsp3) is 0.176. The Morgan fingerprint density at radius 3 is 2.52 bits per heavy atom. The lowest BCUT2D eigenvalue weighted by Gasteiger charge is -2.16. The Bertz CT molecular complexity index is 647. The summed E-state index contributed by atoms with van der Waals surface area (Å²) in [6, 6.07) is 16.7. The molecule has 0 radical (unpaired) electrons. The van der Waals surface area contributed by atoms with Crippen molar-refractivity contribution in [3.63, 3.8) is 0 Å². The SMILES string of the molecule is [C-]#[N+]COC(c1ccccc1)c1cccc(C(=O)OC)c1. The third kappa shape index (κ3) is 3.68. The molecule has 0 spiro atoms. The van der Waals surface area contributed by atoms with E-state index in [4.69, 9.17) is 16.0 Å². The van der Waals surface area contributed by atoms with Gasteiger partial charge in [0.05, 0.1) is 12.7 Å². The molecule has 0 fully saturated rings. The van der Waals surface area contributed by atoms with Crippen LogP contribution >= 0.6 is 0 Å². The highest BCUT2D eigenvalue weighted by molar-refractivity contribution is 5.89. The molecular weight excluding hydrogens is 266 g/mol. The lowest BCUT2D eigenvalue weighted by molar-refractivity contribution is 0.0600. The first-order chi connectivity index (χ1) is 10.3. The van der Waals surface area contributed by atoms with Gasteiger partial charge in [-0.15, -0.1) is 0 Å². The first-order valence-corrected chi connectivity index (χ1v) is 6.44. The molecule has 0 saturated carbocycles. The topological polar surface area (TPSA) is 39.9 Å².